The quantitative estimate of drug-likeness (QED) is 0.745. The van der Waals surface area contributed by atoms with Crippen LogP contribution in [-0.2, 0) is 14.4 Å². The highest BCUT2D eigenvalue weighted by Gasteiger charge is 2.31. The Morgan fingerprint density at radius 3 is 2.54 bits per heavy atom. The van der Waals surface area contributed by atoms with Crippen LogP contribution in [0.3, 0.4) is 0 Å². The maximum atomic E-state index is 12.9. The molecule has 2 aromatic rings. The Morgan fingerprint density at radius 1 is 1.12 bits per heavy atom. The number of para-hydroxylation sites is 1. The van der Waals surface area contributed by atoms with Crippen molar-refractivity contribution in [3.05, 3.63) is 65.7 Å². The van der Waals surface area contributed by atoms with Gasteiger partial charge in [-0.1, -0.05) is 48.5 Å². The first kappa shape index (κ1) is 17.7. The van der Waals surface area contributed by atoms with E-state index in [1.165, 1.54) is 0 Å². The summed E-state index contributed by atoms with van der Waals surface area (Å²) in [6.45, 7) is 0. The molecule has 2 amide bonds. The number of benzene rings is 2. The summed E-state index contributed by atoms with van der Waals surface area (Å²) in [5.41, 5.74) is 2.26. The van der Waals surface area contributed by atoms with Gasteiger partial charge in [0.15, 0.2) is 0 Å². The van der Waals surface area contributed by atoms with Crippen molar-refractivity contribution in [1.29, 1.82) is 0 Å². The predicted octanol–water partition coefficient (Wildman–Crippen LogP) is 2.83. The number of carbonyl (C=O) groups excluding carboxylic acids is 2. The number of fused-ring (bicyclic) bond motifs is 1. The van der Waals surface area contributed by atoms with Gasteiger partial charge in [0.2, 0.25) is 11.8 Å². The average molecular weight is 352 g/mol. The Hall–Kier alpha value is -3.15. The number of amides is 2. The standard InChI is InChI=1S/C20H20N2O4/c23-18-12-15(14-8-4-5-9-17(14)21-18)20(26)22-16(10-11-19(24)25)13-6-2-1-3-7-13/h1-9,15-16H,10-12H2,(H,21,23)(H,22,26)(H,24,25). The summed E-state index contributed by atoms with van der Waals surface area (Å²) >= 11 is 0. The van der Waals surface area contributed by atoms with Crippen LogP contribution in [0.5, 0.6) is 0 Å². The molecule has 134 valence electrons. The van der Waals surface area contributed by atoms with Gasteiger partial charge < -0.3 is 15.7 Å². The molecule has 3 rings (SSSR count). The number of carboxylic acid groups (broad SMARTS) is 1. The second-order valence-electron chi connectivity index (χ2n) is 6.30. The fraction of sp³-hybridized carbons (Fsp3) is 0.250. The van der Waals surface area contributed by atoms with Crippen molar-refractivity contribution < 1.29 is 19.5 Å². The number of rotatable bonds is 6. The Morgan fingerprint density at radius 2 is 1.81 bits per heavy atom. The highest BCUT2D eigenvalue weighted by Crippen LogP contribution is 2.33. The zero-order chi connectivity index (χ0) is 18.5. The van der Waals surface area contributed by atoms with Gasteiger partial charge in [-0.3, -0.25) is 14.4 Å². The SMILES string of the molecule is O=C(O)CCC(NC(=O)C1CC(=O)Nc2ccccc21)c1ccccc1. The van der Waals surface area contributed by atoms with Crippen molar-refractivity contribution in [3.63, 3.8) is 0 Å². The molecule has 2 aromatic carbocycles. The predicted molar refractivity (Wildman–Crippen MR) is 96.6 cm³/mol. The molecule has 6 heteroatoms. The van der Waals surface area contributed by atoms with Gasteiger partial charge in [0, 0.05) is 18.5 Å². The van der Waals surface area contributed by atoms with E-state index in [9.17, 15) is 14.4 Å². The van der Waals surface area contributed by atoms with Crippen LogP contribution in [0.25, 0.3) is 0 Å². The molecule has 0 spiro atoms. The van der Waals surface area contributed by atoms with Crippen molar-refractivity contribution >= 4 is 23.5 Å². The number of anilines is 1. The molecule has 2 atom stereocenters. The first-order chi connectivity index (χ1) is 12.5. The number of carbonyl (C=O) groups is 3. The molecule has 0 radical (unpaired) electrons. The summed E-state index contributed by atoms with van der Waals surface area (Å²) in [6, 6.07) is 16.1. The third kappa shape index (κ3) is 4.08. The smallest absolute Gasteiger partial charge is 0.303 e. The third-order valence-corrected chi connectivity index (χ3v) is 4.48. The van der Waals surface area contributed by atoms with Crippen molar-refractivity contribution in [2.24, 2.45) is 0 Å². The van der Waals surface area contributed by atoms with E-state index in [1.54, 1.807) is 12.1 Å². The molecule has 0 aliphatic carbocycles. The van der Waals surface area contributed by atoms with Crippen molar-refractivity contribution in [2.45, 2.75) is 31.2 Å². The minimum Gasteiger partial charge on any atom is -0.481 e. The Bertz CT molecular complexity index is 820. The second-order valence-corrected chi connectivity index (χ2v) is 6.30. The van der Waals surface area contributed by atoms with Crippen LogP contribution >= 0.6 is 0 Å². The molecule has 1 aliphatic heterocycles. The molecule has 1 heterocycles. The summed E-state index contributed by atoms with van der Waals surface area (Å²) in [5, 5.41) is 14.7. The van der Waals surface area contributed by atoms with Gasteiger partial charge in [-0.05, 0) is 23.6 Å². The van der Waals surface area contributed by atoms with E-state index in [0.717, 1.165) is 11.1 Å². The van der Waals surface area contributed by atoms with Gasteiger partial charge in [0.1, 0.15) is 0 Å². The maximum absolute atomic E-state index is 12.9. The zero-order valence-corrected chi connectivity index (χ0v) is 14.1. The monoisotopic (exact) mass is 352 g/mol. The number of aliphatic carboxylic acids is 1. The molecule has 3 N–H and O–H groups in total. The summed E-state index contributed by atoms with van der Waals surface area (Å²) in [6.07, 6.45) is 0.302. The number of hydrogen-bond acceptors (Lipinski definition) is 3. The Balaban J connectivity index is 1.81. The lowest BCUT2D eigenvalue weighted by Gasteiger charge is -2.27. The highest BCUT2D eigenvalue weighted by molar-refractivity contribution is 6.01. The normalized spacial score (nSPS) is 16.9. The first-order valence-corrected chi connectivity index (χ1v) is 8.50. The van der Waals surface area contributed by atoms with Crippen molar-refractivity contribution in [3.8, 4) is 0 Å². The van der Waals surface area contributed by atoms with Gasteiger partial charge >= 0.3 is 5.97 Å². The summed E-state index contributed by atoms with van der Waals surface area (Å²) in [4.78, 5) is 35.8. The summed E-state index contributed by atoms with van der Waals surface area (Å²) in [7, 11) is 0. The van der Waals surface area contributed by atoms with E-state index in [-0.39, 0.29) is 31.1 Å². The van der Waals surface area contributed by atoms with Gasteiger partial charge in [0.25, 0.3) is 0 Å². The highest BCUT2D eigenvalue weighted by atomic mass is 16.4. The maximum Gasteiger partial charge on any atom is 0.303 e. The van der Waals surface area contributed by atoms with Crippen LogP contribution in [0.15, 0.2) is 54.6 Å². The van der Waals surface area contributed by atoms with Crippen LogP contribution < -0.4 is 10.6 Å². The lowest BCUT2D eigenvalue weighted by Crippen LogP contribution is -2.37. The number of hydrogen-bond donors (Lipinski definition) is 3. The molecule has 1 aliphatic rings. The average Bonchev–Trinajstić information content (AvgIpc) is 2.64. The second kappa shape index (κ2) is 7.82. The van der Waals surface area contributed by atoms with Crippen LogP contribution in [0.2, 0.25) is 0 Å². The molecule has 0 saturated carbocycles. The molecule has 0 bridgehead atoms. The van der Waals surface area contributed by atoms with Gasteiger partial charge in [-0.25, -0.2) is 0 Å². The number of nitrogens with one attached hydrogen (secondary N) is 2. The van der Waals surface area contributed by atoms with Gasteiger partial charge in [0.05, 0.1) is 12.0 Å². The minimum atomic E-state index is -0.914. The van der Waals surface area contributed by atoms with Gasteiger partial charge in [-0.15, -0.1) is 0 Å². The largest absolute Gasteiger partial charge is 0.481 e. The van der Waals surface area contributed by atoms with Crippen LogP contribution in [-0.4, -0.2) is 22.9 Å². The Kier molecular flexibility index (Phi) is 5.31. The molecular formula is C20H20N2O4. The summed E-state index contributed by atoms with van der Waals surface area (Å²) < 4.78 is 0. The molecule has 6 nitrogen and oxygen atoms in total. The lowest BCUT2D eigenvalue weighted by atomic mass is 9.89. The molecule has 2 unspecified atom stereocenters. The molecule has 0 saturated heterocycles. The van der Waals surface area contributed by atoms with Crippen molar-refractivity contribution in [2.75, 3.05) is 5.32 Å². The zero-order valence-electron chi connectivity index (χ0n) is 14.1. The van der Waals surface area contributed by atoms with Crippen molar-refractivity contribution in [1.82, 2.24) is 5.32 Å². The van der Waals surface area contributed by atoms with Gasteiger partial charge in [-0.2, -0.15) is 0 Å². The van der Waals surface area contributed by atoms with E-state index in [0.29, 0.717) is 5.69 Å². The minimum absolute atomic E-state index is 0.0540. The third-order valence-electron chi connectivity index (χ3n) is 4.48. The van der Waals surface area contributed by atoms with E-state index in [1.807, 2.05) is 42.5 Å². The van der Waals surface area contributed by atoms with Crippen LogP contribution in [0.1, 0.15) is 42.3 Å². The van der Waals surface area contributed by atoms with E-state index in [2.05, 4.69) is 10.6 Å². The van der Waals surface area contributed by atoms with Crippen LogP contribution in [0, 0.1) is 0 Å². The lowest BCUT2D eigenvalue weighted by molar-refractivity contribution is -0.137. The van der Waals surface area contributed by atoms with E-state index >= 15 is 0 Å². The fourth-order valence-electron chi connectivity index (χ4n) is 3.19. The van der Waals surface area contributed by atoms with E-state index < -0.39 is 17.9 Å². The Labute approximate surface area is 151 Å². The van der Waals surface area contributed by atoms with E-state index in [4.69, 9.17) is 5.11 Å². The topological polar surface area (TPSA) is 95.5 Å². The molecule has 0 fully saturated rings. The number of carboxylic acids is 1. The van der Waals surface area contributed by atoms with Crippen LogP contribution in [0.4, 0.5) is 5.69 Å². The molecule has 26 heavy (non-hydrogen) atoms. The first-order valence-electron chi connectivity index (χ1n) is 8.50. The molecule has 0 aromatic heterocycles. The molecular weight excluding hydrogens is 332 g/mol. The summed E-state index contributed by atoms with van der Waals surface area (Å²) in [5.74, 6) is -1.98. The fourth-order valence-corrected chi connectivity index (χ4v) is 3.19.